The van der Waals surface area contributed by atoms with Crippen LogP contribution in [-0.4, -0.2) is 37.2 Å². The van der Waals surface area contributed by atoms with E-state index in [9.17, 15) is 5.11 Å². The fraction of sp³-hybridized carbons (Fsp3) is 0.273. The van der Waals surface area contributed by atoms with Gasteiger partial charge in [0.15, 0.2) is 5.13 Å². The molecule has 1 saturated carbocycles. The normalized spacial score (nSPS) is 18.7. The van der Waals surface area contributed by atoms with E-state index in [1.165, 1.54) is 0 Å². The predicted octanol–water partition coefficient (Wildman–Crippen LogP) is 4.24. The molecular formula is C22H22N6O2S. The highest BCUT2D eigenvalue weighted by Gasteiger charge is 2.23. The number of aliphatic hydroxyl groups excluding tert-OH is 1. The first-order valence-electron chi connectivity index (χ1n) is 10.2. The Morgan fingerprint density at radius 3 is 2.68 bits per heavy atom. The smallest absolute Gasteiger partial charge is 0.219 e. The molecule has 9 heteroatoms. The number of aromatic nitrogens is 4. The first kappa shape index (κ1) is 19.7. The zero-order chi connectivity index (χ0) is 21.2. The van der Waals surface area contributed by atoms with Crippen LogP contribution in [0.15, 0.2) is 49.1 Å². The second kappa shape index (κ2) is 8.44. The summed E-state index contributed by atoms with van der Waals surface area (Å²) in [7, 11) is 0. The minimum atomic E-state index is -0.314. The molecule has 5 rings (SSSR count). The number of hydrogen-bond acceptors (Lipinski definition) is 9. The SMILES string of the molecule is Nc1ncc(-c2cncc(Oc3ccc4nc(N[C@@H]5CCCC[C@H]5O)sc4c3)c2)cn1. The van der Waals surface area contributed by atoms with E-state index >= 15 is 0 Å². The Kier molecular flexibility index (Phi) is 5.35. The lowest BCUT2D eigenvalue weighted by Gasteiger charge is -2.27. The van der Waals surface area contributed by atoms with Gasteiger partial charge in [-0.3, -0.25) is 4.98 Å². The Morgan fingerprint density at radius 1 is 1.00 bits per heavy atom. The number of aliphatic hydroxyl groups is 1. The van der Waals surface area contributed by atoms with E-state index in [0.29, 0.717) is 11.5 Å². The highest BCUT2D eigenvalue weighted by atomic mass is 32.1. The van der Waals surface area contributed by atoms with Crippen molar-refractivity contribution in [3.8, 4) is 22.6 Å². The van der Waals surface area contributed by atoms with E-state index in [1.807, 2.05) is 24.3 Å². The monoisotopic (exact) mass is 434 g/mol. The van der Waals surface area contributed by atoms with Gasteiger partial charge in [-0.15, -0.1) is 0 Å². The Bertz CT molecular complexity index is 1200. The van der Waals surface area contributed by atoms with Crippen molar-refractivity contribution in [3.63, 3.8) is 0 Å². The number of fused-ring (bicyclic) bond motifs is 1. The summed E-state index contributed by atoms with van der Waals surface area (Å²) in [5.41, 5.74) is 8.11. The van der Waals surface area contributed by atoms with Crippen molar-refractivity contribution in [2.24, 2.45) is 0 Å². The van der Waals surface area contributed by atoms with Gasteiger partial charge >= 0.3 is 0 Å². The summed E-state index contributed by atoms with van der Waals surface area (Å²) in [6.45, 7) is 0. The van der Waals surface area contributed by atoms with Crippen LogP contribution in [0.3, 0.4) is 0 Å². The average Bonchev–Trinajstić information content (AvgIpc) is 3.18. The second-order valence-corrected chi connectivity index (χ2v) is 8.62. The molecule has 0 bridgehead atoms. The number of rotatable bonds is 5. The van der Waals surface area contributed by atoms with Crippen molar-refractivity contribution in [1.82, 2.24) is 19.9 Å². The molecule has 0 radical (unpaired) electrons. The number of nitrogens with one attached hydrogen (secondary N) is 1. The fourth-order valence-electron chi connectivity index (χ4n) is 3.72. The molecule has 2 atom stereocenters. The van der Waals surface area contributed by atoms with Gasteiger partial charge in [-0.2, -0.15) is 0 Å². The molecule has 1 aliphatic rings. The summed E-state index contributed by atoms with van der Waals surface area (Å²) in [5.74, 6) is 1.55. The van der Waals surface area contributed by atoms with Gasteiger partial charge in [0, 0.05) is 35.8 Å². The van der Waals surface area contributed by atoms with E-state index in [4.69, 9.17) is 10.5 Å². The van der Waals surface area contributed by atoms with Gasteiger partial charge in [-0.05, 0) is 31.0 Å². The molecular weight excluding hydrogens is 412 g/mol. The molecule has 4 N–H and O–H groups in total. The number of benzene rings is 1. The number of pyridine rings is 1. The Labute approximate surface area is 183 Å². The van der Waals surface area contributed by atoms with Crippen molar-refractivity contribution in [2.75, 3.05) is 11.1 Å². The molecule has 1 aliphatic carbocycles. The highest BCUT2D eigenvalue weighted by molar-refractivity contribution is 7.22. The third-order valence-electron chi connectivity index (χ3n) is 5.35. The van der Waals surface area contributed by atoms with Crippen LogP contribution in [0.1, 0.15) is 25.7 Å². The zero-order valence-corrected chi connectivity index (χ0v) is 17.5. The molecule has 31 heavy (non-hydrogen) atoms. The lowest BCUT2D eigenvalue weighted by Crippen LogP contribution is -2.36. The molecule has 3 heterocycles. The molecule has 0 unspecified atom stereocenters. The van der Waals surface area contributed by atoms with Crippen molar-refractivity contribution < 1.29 is 9.84 Å². The van der Waals surface area contributed by atoms with Gasteiger partial charge in [0.1, 0.15) is 11.5 Å². The number of thiazole rings is 1. The second-order valence-electron chi connectivity index (χ2n) is 7.59. The van der Waals surface area contributed by atoms with E-state index in [-0.39, 0.29) is 18.1 Å². The largest absolute Gasteiger partial charge is 0.456 e. The summed E-state index contributed by atoms with van der Waals surface area (Å²) in [4.78, 5) is 17.0. The van der Waals surface area contributed by atoms with Gasteiger partial charge < -0.3 is 20.9 Å². The minimum Gasteiger partial charge on any atom is -0.456 e. The van der Waals surface area contributed by atoms with Crippen molar-refractivity contribution in [2.45, 2.75) is 37.8 Å². The van der Waals surface area contributed by atoms with E-state index in [2.05, 4.69) is 25.3 Å². The molecule has 0 spiro atoms. The van der Waals surface area contributed by atoms with Crippen LogP contribution in [0.4, 0.5) is 11.1 Å². The van der Waals surface area contributed by atoms with Crippen molar-refractivity contribution in [3.05, 3.63) is 49.1 Å². The first-order valence-corrected chi connectivity index (χ1v) is 11.0. The van der Waals surface area contributed by atoms with Crippen LogP contribution in [0, 0.1) is 0 Å². The predicted molar refractivity (Wildman–Crippen MR) is 121 cm³/mol. The molecule has 0 aliphatic heterocycles. The van der Waals surface area contributed by atoms with Gasteiger partial charge in [0.2, 0.25) is 5.95 Å². The Balaban J connectivity index is 1.34. The van der Waals surface area contributed by atoms with Crippen molar-refractivity contribution in [1.29, 1.82) is 0 Å². The number of ether oxygens (including phenoxy) is 1. The molecule has 1 aromatic carbocycles. The summed E-state index contributed by atoms with van der Waals surface area (Å²) >= 11 is 1.56. The van der Waals surface area contributed by atoms with E-state index in [0.717, 1.165) is 52.2 Å². The molecule has 1 fully saturated rings. The van der Waals surface area contributed by atoms with Gasteiger partial charge in [0.25, 0.3) is 0 Å². The first-order chi connectivity index (χ1) is 15.1. The summed E-state index contributed by atoms with van der Waals surface area (Å²) in [6.07, 6.45) is 10.4. The maximum atomic E-state index is 10.2. The molecule has 0 saturated heterocycles. The molecule has 8 nitrogen and oxygen atoms in total. The van der Waals surface area contributed by atoms with Crippen LogP contribution in [0.5, 0.6) is 11.5 Å². The number of hydrogen-bond donors (Lipinski definition) is 3. The number of nitrogens with two attached hydrogens (primary N) is 1. The minimum absolute atomic E-state index is 0.0659. The standard InChI is InChI=1S/C22H22N6O2S/c23-21-25-10-14(11-26-21)13-7-16(12-24-9-13)30-15-5-6-18-20(8-15)31-22(28-18)27-17-3-1-2-4-19(17)29/h5-12,17,19,29H,1-4H2,(H,27,28)(H2,23,25,26)/t17-,19-/m1/s1. The summed E-state index contributed by atoms with van der Waals surface area (Å²) < 4.78 is 7.05. The lowest BCUT2D eigenvalue weighted by molar-refractivity contribution is 0.116. The third kappa shape index (κ3) is 4.42. The van der Waals surface area contributed by atoms with Crippen LogP contribution in [-0.2, 0) is 0 Å². The quantitative estimate of drug-likeness (QED) is 0.427. The Morgan fingerprint density at radius 2 is 1.84 bits per heavy atom. The van der Waals surface area contributed by atoms with Gasteiger partial charge in [0.05, 0.1) is 28.6 Å². The number of anilines is 2. The summed E-state index contributed by atoms with van der Waals surface area (Å²) in [5, 5.41) is 14.4. The maximum absolute atomic E-state index is 10.2. The van der Waals surface area contributed by atoms with Crippen LogP contribution in [0.25, 0.3) is 21.3 Å². The maximum Gasteiger partial charge on any atom is 0.219 e. The van der Waals surface area contributed by atoms with Gasteiger partial charge in [-0.1, -0.05) is 24.2 Å². The molecule has 4 aromatic rings. The summed E-state index contributed by atoms with van der Waals surface area (Å²) in [6, 6.07) is 7.75. The van der Waals surface area contributed by atoms with Crippen LogP contribution < -0.4 is 15.8 Å². The zero-order valence-electron chi connectivity index (χ0n) is 16.7. The van der Waals surface area contributed by atoms with Crippen LogP contribution >= 0.6 is 11.3 Å². The van der Waals surface area contributed by atoms with E-state index < -0.39 is 0 Å². The van der Waals surface area contributed by atoms with Crippen molar-refractivity contribution >= 4 is 32.6 Å². The molecule has 158 valence electrons. The third-order valence-corrected chi connectivity index (χ3v) is 6.30. The Hall–Kier alpha value is -3.30. The molecule has 0 amide bonds. The fourth-order valence-corrected chi connectivity index (χ4v) is 4.68. The topological polar surface area (TPSA) is 119 Å². The lowest BCUT2D eigenvalue weighted by atomic mass is 9.93. The highest BCUT2D eigenvalue weighted by Crippen LogP contribution is 2.33. The van der Waals surface area contributed by atoms with Crippen LogP contribution in [0.2, 0.25) is 0 Å². The van der Waals surface area contributed by atoms with E-state index in [1.54, 1.807) is 36.1 Å². The number of nitrogen functional groups attached to an aromatic ring is 1. The molecule has 3 aromatic heterocycles. The average molecular weight is 435 g/mol. The number of nitrogens with zero attached hydrogens (tertiary/aromatic N) is 4. The van der Waals surface area contributed by atoms with Gasteiger partial charge in [-0.25, -0.2) is 15.0 Å².